The van der Waals surface area contributed by atoms with Crippen LogP contribution >= 0.6 is 11.6 Å². The summed E-state index contributed by atoms with van der Waals surface area (Å²) in [5, 5.41) is 14.3. The highest BCUT2D eigenvalue weighted by molar-refractivity contribution is 6.30. The molecule has 0 heterocycles. The number of nitrogens with one attached hydrogen (secondary N) is 2. The van der Waals surface area contributed by atoms with Gasteiger partial charge in [-0.1, -0.05) is 23.7 Å². The number of hydrogen-bond acceptors (Lipinski definition) is 3. The van der Waals surface area contributed by atoms with E-state index in [1.54, 1.807) is 24.3 Å². The highest BCUT2D eigenvalue weighted by Gasteiger charge is 2.17. The summed E-state index contributed by atoms with van der Waals surface area (Å²) in [6.45, 7) is 1.42. The summed E-state index contributed by atoms with van der Waals surface area (Å²) in [5.41, 5.74) is 0.753. The molecule has 114 valence electrons. The van der Waals surface area contributed by atoms with Gasteiger partial charge >= 0.3 is 5.97 Å². The minimum atomic E-state index is -0.980. The van der Waals surface area contributed by atoms with Crippen LogP contribution in [-0.4, -0.2) is 29.4 Å². The van der Waals surface area contributed by atoms with E-state index < -0.39 is 12.0 Å². The van der Waals surface area contributed by atoms with Gasteiger partial charge in [-0.05, 0) is 17.7 Å². The Hall–Kier alpha value is -2.08. The molecule has 1 aromatic rings. The van der Waals surface area contributed by atoms with Crippen molar-refractivity contribution >= 4 is 29.4 Å². The van der Waals surface area contributed by atoms with Crippen LogP contribution in [0.25, 0.3) is 0 Å². The van der Waals surface area contributed by atoms with Crippen molar-refractivity contribution in [3.8, 4) is 0 Å². The van der Waals surface area contributed by atoms with Crippen LogP contribution in [0.2, 0.25) is 5.02 Å². The maximum Gasteiger partial charge on any atom is 0.305 e. The molecule has 1 rings (SSSR count). The van der Waals surface area contributed by atoms with Crippen molar-refractivity contribution in [3.05, 3.63) is 34.9 Å². The third-order valence-corrected chi connectivity index (χ3v) is 2.95. The number of rotatable bonds is 7. The second-order valence-electron chi connectivity index (χ2n) is 4.50. The van der Waals surface area contributed by atoms with Gasteiger partial charge in [0, 0.05) is 18.5 Å². The summed E-state index contributed by atoms with van der Waals surface area (Å²) in [5.74, 6) is -1.57. The van der Waals surface area contributed by atoms with Gasteiger partial charge in [-0.25, -0.2) is 0 Å². The van der Waals surface area contributed by atoms with Crippen LogP contribution < -0.4 is 10.6 Å². The van der Waals surface area contributed by atoms with Gasteiger partial charge in [-0.2, -0.15) is 0 Å². The first-order valence-corrected chi connectivity index (χ1v) is 6.77. The molecule has 0 aliphatic rings. The van der Waals surface area contributed by atoms with Gasteiger partial charge in [0.1, 0.15) is 0 Å². The molecule has 21 heavy (non-hydrogen) atoms. The maximum atomic E-state index is 11.8. The van der Waals surface area contributed by atoms with E-state index in [1.165, 1.54) is 6.92 Å². The second-order valence-corrected chi connectivity index (χ2v) is 4.94. The highest BCUT2D eigenvalue weighted by atomic mass is 35.5. The first-order chi connectivity index (χ1) is 9.88. The summed E-state index contributed by atoms with van der Waals surface area (Å²) >= 11 is 5.80. The minimum absolute atomic E-state index is 0.0286. The minimum Gasteiger partial charge on any atom is -0.481 e. The normalized spacial score (nSPS) is 11.5. The largest absolute Gasteiger partial charge is 0.481 e. The van der Waals surface area contributed by atoms with Gasteiger partial charge in [-0.3, -0.25) is 14.4 Å². The van der Waals surface area contributed by atoms with Crippen LogP contribution in [0.5, 0.6) is 0 Å². The fraction of sp³-hybridized carbons (Fsp3) is 0.357. The van der Waals surface area contributed by atoms with Crippen molar-refractivity contribution in [2.75, 3.05) is 6.54 Å². The molecule has 0 radical (unpaired) electrons. The lowest BCUT2D eigenvalue weighted by Gasteiger charge is -2.18. The van der Waals surface area contributed by atoms with Gasteiger partial charge in [0.2, 0.25) is 11.8 Å². The number of aliphatic carboxylic acids is 1. The van der Waals surface area contributed by atoms with Crippen molar-refractivity contribution in [3.63, 3.8) is 0 Å². The van der Waals surface area contributed by atoms with E-state index in [4.69, 9.17) is 16.7 Å². The molecule has 6 nitrogen and oxygen atoms in total. The van der Waals surface area contributed by atoms with Crippen LogP contribution in [0, 0.1) is 0 Å². The van der Waals surface area contributed by atoms with E-state index in [2.05, 4.69) is 10.6 Å². The first-order valence-electron chi connectivity index (χ1n) is 6.39. The van der Waals surface area contributed by atoms with Crippen LogP contribution in [0.4, 0.5) is 0 Å². The number of benzene rings is 1. The van der Waals surface area contributed by atoms with Gasteiger partial charge in [-0.15, -0.1) is 0 Å². The Morgan fingerprint density at radius 1 is 1.24 bits per heavy atom. The smallest absolute Gasteiger partial charge is 0.305 e. The van der Waals surface area contributed by atoms with Crippen molar-refractivity contribution in [2.24, 2.45) is 0 Å². The van der Waals surface area contributed by atoms with Crippen molar-refractivity contribution < 1.29 is 19.5 Å². The standard InChI is InChI=1S/C14H17ClN2O4/c1-9(18)17-12(10-2-4-11(15)5-3-10)8-13(19)16-7-6-14(20)21/h2-5,12H,6-8H2,1H3,(H,16,19)(H,17,18)(H,20,21). The topological polar surface area (TPSA) is 95.5 Å². The number of carboxylic acids is 1. The predicted octanol–water partition coefficient (Wildman–Crippen LogP) is 1.50. The molecular weight excluding hydrogens is 296 g/mol. The zero-order valence-corrected chi connectivity index (χ0v) is 12.3. The number of amides is 2. The lowest BCUT2D eigenvalue weighted by Crippen LogP contribution is -2.33. The van der Waals surface area contributed by atoms with Gasteiger partial charge in [0.25, 0.3) is 0 Å². The van der Waals surface area contributed by atoms with E-state index >= 15 is 0 Å². The molecular formula is C14H17ClN2O4. The number of carbonyl (C=O) groups is 3. The van der Waals surface area contributed by atoms with Crippen molar-refractivity contribution in [2.45, 2.75) is 25.8 Å². The van der Waals surface area contributed by atoms with Gasteiger partial charge in [0.15, 0.2) is 0 Å². The van der Waals surface area contributed by atoms with E-state index in [-0.39, 0.29) is 31.2 Å². The molecule has 3 N–H and O–H groups in total. The molecule has 1 atom stereocenters. The number of halogens is 1. The highest BCUT2D eigenvalue weighted by Crippen LogP contribution is 2.19. The zero-order valence-electron chi connectivity index (χ0n) is 11.6. The Morgan fingerprint density at radius 2 is 1.86 bits per heavy atom. The fourth-order valence-corrected chi connectivity index (χ4v) is 1.89. The maximum absolute atomic E-state index is 11.8. The molecule has 0 bridgehead atoms. The summed E-state index contributed by atoms with van der Waals surface area (Å²) in [6, 6.07) is 6.33. The molecule has 0 aromatic heterocycles. The molecule has 0 saturated carbocycles. The molecule has 0 aliphatic carbocycles. The molecule has 7 heteroatoms. The van der Waals surface area contributed by atoms with Crippen LogP contribution in [-0.2, 0) is 14.4 Å². The SMILES string of the molecule is CC(=O)NC(CC(=O)NCCC(=O)O)c1ccc(Cl)cc1. The molecule has 1 aromatic carbocycles. The summed E-state index contributed by atoms with van der Waals surface area (Å²) in [6.07, 6.45) is -0.113. The third kappa shape index (κ3) is 6.76. The molecule has 0 aliphatic heterocycles. The number of carboxylic acid groups (broad SMARTS) is 1. The fourth-order valence-electron chi connectivity index (χ4n) is 1.76. The first kappa shape index (κ1) is 17.0. The Bertz CT molecular complexity index is 516. The average Bonchev–Trinajstić information content (AvgIpc) is 2.37. The Balaban J connectivity index is 2.65. The van der Waals surface area contributed by atoms with Crippen LogP contribution in [0.3, 0.4) is 0 Å². The number of hydrogen-bond donors (Lipinski definition) is 3. The predicted molar refractivity (Wildman–Crippen MR) is 77.9 cm³/mol. The lowest BCUT2D eigenvalue weighted by atomic mass is 10.0. The van der Waals surface area contributed by atoms with E-state index in [1.807, 2.05) is 0 Å². The number of carbonyl (C=O) groups excluding carboxylic acids is 2. The van der Waals surface area contributed by atoms with E-state index in [9.17, 15) is 14.4 Å². The molecule has 0 fully saturated rings. The molecule has 0 saturated heterocycles. The van der Waals surface area contributed by atoms with Gasteiger partial charge in [0.05, 0.1) is 18.9 Å². The monoisotopic (exact) mass is 312 g/mol. The quantitative estimate of drug-likeness (QED) is 0.711. The lowest BCUT2D eigenvalue weighted by molar-refractivity contribution is -0.137. The second kappa shape index (κ2) is 8.26. The molecule has 2 amide bonds. The van der Waals surface area contributed by atoms with E-state index in [0.29, 0.717) is 5.02 Å². The zero-order chi connectivity index (χ0) is 15.8. The Labute approximate surface area is 127 Å². The average molecular weight is 313 g/mol. The van der Waals surface area contributed by atoms with Crippen molar-refractivity contribution in [1.29, 1.82) is 0 Å². The Kier molecular flexibility index (Phi) is 6.68. The molecule has 1 unspecified atom stereocenters. The Morgan fingerprint density at radius 3 is 2.38 bits per heavy atom. The van der Waals surface area contributed by atoms with Crippen LogP contribution in [0.1, 0.15) is 31.4 Å². The molecule has 0 spiro atoms. The van der Waals surface area contributed by atoms with Crippen molar-refractivity contribution in [1.82, 2.24) is 10.6 Å². The van der Waals surface area contributed by atoms with Gasteiger partial charge < -0.3 is 15.7 Å². The van der Waals surface area contributed by atoms with Crippen LogP contribution in [0.15, 0.2) is 24.3 Å². The summed E-state index contributed by atoms with van der Waals surface area (Å²) in [7, 11) is 0. The summed E-state index contributed by atoms with van der Waals surface area (Å²) < 4.78 is 0. The third-order valence-electron chi connectivity index (χ3n) is 2.70. The summed E-state index contributed by atoms with van der Waals surface area (Å²) in [4.78, 5) is 33.4. The van der Waals surface area contributed by atoms with E-state index in [0.717, 1.165) is 5.56 Å².